The average Bonchev–Trinajstić information content (AvgIpc) is 2.33. The van der Waals surface area contributed by atoms with Crippen molar-refractivity contribution in [3.8, 4) is 0 Å². The fraction of sp³-hybridized carbons (Fsp3) is 0. The molecule has 3 rings (SSSR count). The first kappa shape index (κ1) is 9.04. The highest BCUT2D eigenvalue weighted by Crippen LogP contribution is 2.21. The van der Waals surface area contributed by atoms with Crippen LogP contribution in [0.5, 0.6) is 0 Å². The van der Waals surface area contributed by atoms with E-state index in [-0.39, 0.29) is 0 Å². The molecule has 1 heterocycles. The monoisotopic (exact) mass is 210 g/mol. The highest BCUT2D eigenvalue weighted by atomic mass is 16.4. The SMILES string of the molecule is c1ccc2c(c1)occoc1ccccc12. The summed E-state index contributed by atoms with van der Waals surface area (Å²) in [7, 11) is 0. The molecule has 0 N–H and O–H groups in total. The molecular weight excluding hydrogens is 200 g/mol. The molecule has 0 atom stereocenters. The summed E-state index contributed by atoms with van der Waals surface area (Å²) in [4.78, 5) is 0. The molecule has 0 saturated carbocycles. The second-order valence-electron chi connectivity index (χ2n) is 3.50. The van der Waals surface area contributed by atoms with E-state index in [1.54, 1.807) is 12.5 Å². The van der Waals surface area contributed by atoms with Gasteiger partial charge >= 0.3 is 0 Å². The van der Waals surface area contributed by atoms with E-state index in [0.29, 0.717) is 0 Å². The fourth-order valence-electron chi connectivity index (χ4n) is 1.79. The van der Waals surface area contributed by atoms with Gasteiger partial charge in [0.2, 0.25) is 0 Å². The zero-order valence-electron chi connectivity index (χ0n) is 8.59. The van der Waals surface area contributed by atoms with E-state index in [1.165, 1.54) is 0 Å². The van der Waals surface area contributed by atoms with Gasteiger partial charge in [-0.2, -0.15) is 0 Å². The number of hydrogen-bond acceptors (Lipinski definition) is 2. The maximum Gasteiger partial charge on any atom is 0.134 e. The minimum absolute atomic E-state index is 0.842. The Bertz CT molecular complexity index is 615. The Labute approximate surface area is 92.4 Å². The van der Waals surface area contributed by atoms with Gasteiger partial charge in [-0.25, -0.2) is 0 Å². The van der Waals surface area contributed by atoms with Crippen molar-refractivity contribution in [2.45, 2.75) is 0 Å². The summed E-state index contributed by atoms with van der Waals surface area (Å²) in [6.07, 6.45) is 3.10. The molecule has 0 spiro atoms. The number of para-hydroxylation sites is 2. The lowest BCUT2D eigenvalue weighted by Crippen LogP contribution is -1.73. The fourth-order valence-corrected chi connectivity index (χ4v) is 1.79. The summed E-state index contributed by atoms with van der Waals surface area (Å²) in [5.41, 5.74) is 1.68. The molecule has 0 radical (unpaired) electrons. The van der Waals surface area contributed by atoms with Crippen LogP contribution >= 0.6 is 0 Å². The van der Waals surface area contributed by atoms with Crippen LogP contribution in [0.25, 0.3) is 21.9 Å². The Morgan fingerprint density at radius 1 is 0.562 bits per heavy atom. The lowest BCUT2D eigenvalue weighted by Gasteiger charge is -1.98. The summed E-state index contributed by atoms with van der Waals surface area (Å²) >= 11 is 0. The molecule has 2 heteroatoms. The van der Waals surface area contributed by atoms with Crippen LogP contribution in [0.2, 0.25) is 0 Å². The molecule has 0 aliphatic carbocycles. The van der Waals surface area contributed by atoms with Crippen molar-refractivity contribution in [2.24, 2.45) is 0 Å². The van der Waals surface area contributed by atoms with Crippen LogP contribution < -0.4 is 0 Å². The molecule has 0 aliphatic rings. The number of fused-ring (bicyclic) bond motifs is 3. The molecule has 2 nitrogen and oxygen atoms in total. The van der Waals surface area contributed by atoms with Crippen LogP contribution in [-0.2, 0) is 0 Å². The summed E-state index contributed by atoms with van der Waals surface area (Å²) in [5, 5.41) is 2.09. The maximum absolute atomic E-state index is 5.48. The van der Waals surface area contributed by atoms with Crippen molar-refractivity contribution in [3.05, 3.63) is 61.1 Å². The number of hydrogen-bond donors (Lipinski definition) is 0. The first-order chi connectivity index (χ1) is 7.95. The summed E-state index contributed by atoms with van der Waals surface area (Å²) in [5.74, 6) is 0. The molecule has 0 amide bonds. The van der Waals surface area contributed by atoms with E-state index in [4.69, 9.17) is 8.83 Å². The molecular formula is C14H10O2. The predicted molar refractivity (Wildman–Crippen MR) is 63.6 cm³/mol. The Morgan fingerprint density at radius 3 is 1.50 bits per heavy atom. The van der Waals surface area contributed by atoms with Gasteiger partial charge in [-0.3, -0.25) is 0 Å². The third kappa shape index (κ3) is 1.44. The van der Waals surface area contributed by atoms with Gasteiger partial charge in [0.25, 0.3) is 0 Å². The van der Waals surface area contributed by atoms with Crippen molar-refractivity contribution in [2.75, 3.05) is 0 Å². The Balaban J connectivity index is 2.63. The molecule has 0 saturated heterocycles. The second-order valence-corrected chi connectivity index (χ2v) is 3.50. The van der Waals surface area contributed by atoms with Crippen molar-refractivity contribution in [1.82, 2.24) is 0 Å². The van der Waals surface area contributed by atoms with Gasteiger partial charge < -0.3 is 8.83 Å². The molecule has 78 valence electrons. The Morgan fingerprint density at radius 2 is 1.00 bits per heavy atom. The molecule has 0 aliphatic heterocycles. The van der Waals surface area contributed by atoms with Crippen molar-refractivity contribution in [3.63, 3.8) is 0 Å². The smallest absolute Gasteiger partial charge is 0.134 e. The quantitative estimate of drug-likeness (QED) is 0.552. The van der Waals surface area contributed by atoms with Crippen LogP contribution in [0.4, 0.5) is 0 Å². The molecule has 0 bridgehead atoms. The van der Waals surface area contributed by atoms with Crippen LogP contribution in [0.1, 0.15) is 0 Å². The normalized spacial score (nSPS) is 10.5. The zero-order valence-corrected chi connectivity index (χ0v) is 8.59. The summed E-state index contributed by atoms with van der Waals surface area (Å²) < 4.78 is 11.0. The third-order valence-corrected chi connectivity index (χ3v) is 2.51. The van der Waals surface area contributed by atoms with Crippen LogP contribution in [0.15, 0.2) is 69.9 Å². The van der Waals surface area contributed by atoms with Crippen LogP contribution in [0.3, 0.4) is 0 Å². The highest BCUT2D eigenvalue weighted by molar-refractivity contribution is 6.01. The first-order valence-corrected chi connectivity index (χ1v) is 5.12. The van der Waals surface area contributed by atoms with E-state index in [1.807, 2.05) is 48.5 Å². The minimum atomic E-state index is 0.842. The molecule has 0 unspecified atom stereocenters. The first-order valence-electron chi connectivity index (χ1n) is 5.12. The van der Waals surface area contributed by atoms with Crippen LogP contribution in [-0.4, -0.2) is 0 Å². The van der Waals surface area contributed by atoms with Crippen molar-refractivity contribution < 1.29 is 8.83 Å². The molecule has 0 fully saturated rings. The van der Waals surface area contributed by atoms with E-state index < -0.39 is 0 Å². The highest BCUT2D eigenvalue weighted by Gasteiger charge is 1.98. The van der Waals surface area contributed by atoms with Gasteiger partial charge in [0, 0.05) is 10.8 Å². The number of rotatable bonds is 0. The van der Waals surface area contributed by atoms with Crippen molar-refractivity contribution >= 4 is 21.9 Å². The predicted octanol–water partition coefficient (Wildman–Crippen LogP) is 4.30. The summed E-state index contributed by atoms with van der Waals surface area (Å²) in [6.45, 7) is 0. The van der Waals surface area contributed by atoms with Gasteiger partial charge in [0.15, 0.2) is 0 Å². The zero-order chi connectivity index (χ0) is 10.8. The van der Waals surface area contributed by atoms with Gasteiger partial charge in [-0.1, -0.05) is 36.4 Å². The van der Waals surface area contributed by atoms with Gasteiger partial charge in [-0.15, -0.1) is 0 Å². The van der Waals surface area contributed by atoms with E-state index in [0.717, 1.165) is 21.9 Å². The lowest BCUT2D eigenvalue weighted by molar-refractivity contribution is 0.543. The maximum atomic E-state index is 5.48. The largest absolute Gasteiger partial charge is 0.461 e. The topological polar surface area (TPSA) is 26.3 Å². The summed E-state index contributed by atoms with van der Waals surface area (Å²) in [6, 6.07) is 15.8. The Hall–Kier alpha value is -2.22. The molecule has 3 aromatic rings. The van der Waals surface area contributed by atoms with Gasteiger partial charge in [0.1, 0.15) is 23.7 Å². The van der Waals surface area contributed by atoms with E-state index in [9.17, 15) is 0 Å². The molecule has 2 aromatic carbocycles. The van der Waals surface area contributed by atoms with Gasteiger partial charge in [0.05, 0.1) is 0 Å². The lowest BCUT2D eigenvalue weighted by atomic mass is 10.1. The second kappa shape index (κ2) is 3.74. The minimum Gasteiger partial charge on any atom is -0.461 e. The van der Waals surface area contributed by atoms with Gasteiger partial charge in [-0.05, 0) is 12.1 Å². The molecule has 16 heavy (non-hydrogen) atoms. The standard InChI is InChI=1S/C14H10O2/c1-3-7-13-11(5-1)12-6-2-4-8-14(12)16-10-9-15-13/h1-10H. The molecule has 1 aromatic heterocycles. The third-order valence-electron chi connectivity index (χ3n) is 2.51. The van der Waals surface area contributed by atoms with E-state index >= 15 is 0 Å². The van der Waals surface area contributed by atoms with E-state index in [2.05, 4.69) is 0 Å². The van der Waals surface area contributed by atoms with Crippen molar-refractivity contribution in [1.29, 1.82) is 0 Å². The average molecular weight is 210 g/mol. The Kier molecular flexibility index (Phi) is 2.11. The van der Waals surface area contributed by atoms with Crippen LogP contribution in [0, 0.1) is 0 Å². The number of benzene rings is 2.